The number of ether oxygens (including phenoxy) is 1. The summed E-state index contributed by atoms with van der Waals surface area (Å²) in [6.07, 6.45) is 8.20. The Bertz CT molecular complexity index is 309. The van der Waals surface area contributed by atoms with Crippen LogP contribution in [0.3, 0.4) is 0 Å². The van der Waals surface area contributed by atoms with Crippen molar-refractivity contribution < 1.29 is 17.4 Å². The van der Waals surface area contributed by atoms with Crippen LogP contribution in [0.5, 0.6) is 0 Å². The van der Waals surface area contributed by atoms with Crippen LogP contribution in [-0.2, 0) is 17.4 Å². The second kappa shape index (κ2) is 14.1. The molecule has 0 atom stereocenters. The summed E-state index contributed by atoms with van der Waals surface area (Å²) in [5.74, 6) is -0.330. The second-order valence-corrected chi connectivity index (χ2v) is 18.0. The molecule has 0 aromatic heterocycles. The number of unbranched alkanes of at least 4 members (excludes halogenated alkanes) is 3. The number of esters is 1. The number of hydrogen-bond acceptors (Lipinski definition) is 4. The molecule has 0 spiro atoms. The molecule has 4 nitrogen and oxygen atoms in total. The summed E-state index contributed by atoms with van der Waals surface area (Å²) in [5.41, 5.74) is 0. The van der Waals surface area contributed by atoms with Gasteiger partial charge in [0.25, 0.3) is 0 Å². The number of hydrogen-bond donors (Lipinski definition) is 0. The predicted molar refractivity (Wildman–Crippen MR) is 96.9 cm³/mol. The van der Waals surface area contributed by atoms with Gasteiger partial charge < -0.3 is 0 Å². The predicted octanol–water partition coefficient (Wildman–Crippen LogP) is 5.22. The Balaban J connectivity index is 4.65. The van der Waals surface area contributed by atoms with Gasteiger partial charge in [0, 0.05) is 0 Å². The third-order valence-electron chi connectivity index (χ3n) is 4.28. The average Bonchev–Trinajstić information content (AvgIpc) is 2.55. The number of carbonyl (C=O) groups excluding carboxylic acids is 2. The van der Waals surface area contributed by atoms with Crippen LogP contribution in [0.15, 0.2) is 0 Å². The SMILES string of the molecule is CCC[CH2][Sn]([CH2]CCC)([CH2]CCC)[O]C(=O)CCCC(=O)OC. The summed E-state index contributed by atoms with van der Waals surface area (Å²) in [7, 11) is 1.38. The van der Waals surface area contributed by atoms with Gasteiger partial charge in [-0.25, -0.2) is 0 Å². The van der Waals surface area contributed by atoms with E-state index in [1.54, 1.807) is 0 Å². The first-order valence-electron chi connectivity index (χ1n) is 9.32. The number of methoxy groups -OCH3 is 1. The zero-order valence-electron chi connectivity index (χ0n) is 15.6. The molecular weight excluding hydrogens is 399 g/mol. The van der Waals surface area contributed by atoms with E-state index in [2.05, 4.69) is 25.5 Å². The van der Waals surface area contributed by atoms with E-state index < -0.39 is 18.8 Å². The zero-order valence-corrected chi connectivity index (χ0v) is 18.5. The van der Waals surface area contributed by atoms with Gasteiger partial charge in [-0.3, -0.25) is 0 Å². The normalized spacial score (nSPS) is 11.3. The van der Waals surface area contributed by atoms with Crippen LogP contribution in [0.2, 0.25) is 13.3 Å². The number of rotatable bonds is 14. The van der Waals surface area contributed by atoms with Crippen molar-refractivity contribution in [1.82, 2.24) is 0 Å². The fourth-order valence-corrected chi connectivity index (χ4v) is 16.0. The summed E-state index contributed by atoms with van der Waals surface area (Å²) < 4.78 is 14.3. The zero-order chi connectivity index (χ0) is 17.6. The van der Waals surface area contributed by atoms with Crippen LogP contribution < -0.4 is 0 Å². The van der Waals surface area contributed by atoms with E-state index in [0.717, 1.165) is 32.6 Å². The Morgan fingerprint density at radius 1 is 0.739 bits per heavy atom. The third kappa shape index (κ3) is 11.0. The van der Waals surface area contributed by atoms with Gasteiger partial charge in [0.15, 0.2) is 0 Å². The third-order valence-corrected chi connectivity index (χ3v) is 17.0. The molecule has 0 aromatic carbocycles. The van der Waals surface area contributed by atoms with Gasteiger partial charge in [-0.15, -0.1) is 0 Å². The maximum atomic E-state index is 12.3. The molecule has 0 aliphatic carbocycles. The van der Waals surface area contributed by atoms with E-state index in [-0.39, 0.29) is 11.9 Å². The Labute approximate surface area is 147 Å². The molecule has 0 saturated carbocycles. The van der Waals surface area contributed by atoms with Crippen LogP contribution in [0.25, 0.3) is 0 Å². The molecule has 23 heavy (non-hydrogen) atoms. The molecule has 0 unspecified atom stereocenters. The van der Waals surface area contributed by atoms with Crippen LogP contribution in [-0.4, -0.2) is 37.8 Å². The summed E-state index contributed by atoms with van der Waals surface area (Å²) in [5, 5.41) is 0. The molecular formula is C18H36O4Sn. The monoisotopic (exact) mass is 436 g/mol. The average molecular weight is 435 g/mol. The minimum absolute atomic E-state index is 0.0759. The quantitative estimate of drug-likeness (QED) is 0.278. The van der Waals surface area contributed by atoms with E-state index in [9.17, 15) is 9.59 Å². The standard InChI is InChI=1S/C6H10O4.3C4H9.Sn/c1-10-6(9)4-2-3-5(7)8;3*1-3-4-2;/h2-4H2,1H3,(H,7,8);3*1,3-4H2,2H3;/q;;;;+1/p-1. The van der Waals surface area contributed by atoms with E-state index in [0.29, 0.717) is 19.3 Å². The first-order chi connectivity index (χ1) is 11.0. The van der Waals surface area contributed by atoms with E-state index in [4.69, 9.17) is 3.07 Å². The first-order valence-corrected chi connectivity index (χ1v) is 16.5. The Kier molecular flexibility index (Phi) is 14.0. The van der Waals surface area contributed by atoms with E-state index in [1.165, 1.54) is 26.4 Å². The van der Waals surface area contributed by atoms with E-state index >= 15 is 0 Å². The van der Waals surface area contributed by atoms with Gasteiger partial charge in [-0.05, 0) is 0 Å². The van der Waals surface area contributed by atoms with Crippen LogP contribution in [0.4, 0.5) is 0 Å². The van der Waals surface area contributed by atoms with Crippen LogP contribution in [0, 0.1) is 0 Å². The molecule has 0 N–H and O–H groups in total. The number of carbonyl (C=O) groups is 2. The van der Waals surface area contributed by atoms with Gasteiger partial charge in [0.2, 0.25) is 0 Å². The van der Waals surface area contributed by atoms with Crippen molar-refractivity contribution >= 4 is 30.7 Å². The van der Waals surface area contributed by atoms with Crippen molar-refractivity contribution in [1.29, 1.82) is 0 Å². The summed E-state index contributed by atoms with van der Waals surface area (Å²) in [6, 6.07) is 0. The fourth-order valence-electron chi connectivity index (χ4n) is 2.80. The molecule has 0 aliphatic heterocycles. The topological polar surface area (TPSA) is 52.6 Å². The van der Waals surface area contributed by atoms with Crippen molar-refractivity contribution in [3.8, 4) is 0 Å². The van der Waals surface area contributed by atoms with Gasteiger partial charge in [0.05, 0.1) is 0 Å². The maximum absolute atomic E-state index is 12.3. The van der Waals surface area contributed by atoms with Gasteiger partial charge >= 0.3 is 147 Å². The summed E-state index contributed by atoms with van der Waals surface area (Å²) in [4.78, 5) is 23.4. The molecule has 0 aromatic rings. The van der Waals surface area contributed by atoms with Gasteiger partial charge in [0.1, 0.15) is 0 Å². The molecule has 0 fully saturated rings. The summed E-state index contributed by atoms with van der Waals surface area (Å²) in [6.45, 7) is 6.61. The van der Waals surface area contributed by atoms with Crippen LogP contribution in [0.1, 0.15) is 78.6 Å². The molecule has 5 heteroatoms. The molecule has 0 radical (unpaired) electrons. The molecule has 0 saturated heterocycles. The van der Waals surface area contributed by atoms with Crippen molar-refractivity contribution in [3.05, 3.63) is 0 Å². The Morgan fingerprint density at radius 2 is 1.17 bits per heavy atom. The molecule has 136 valence electrons. The molecule has 0 heterocycles. The van der Waals surface area contributed by atoms with Crippen molar-refractivity contribution in [3.63, 3.8) is 0 Å². The second-order valence-electron chi connectivity index (χ2n) is 6.40. The molecule has 0 rings (SSSR count). The van der Waals surface area contributed by atoms with Gasteiger partial charge in [-0.1, -0.05) is 0 Å². The fraction of sp³-hybridized carbons (Fsp3) is 0.889. The van der Waals surface area contributed by atoms with Crippen molar-refractivity contribution in [2.24, 2.45) is 0 Å². The minimum atomic E-state index is -2.83. The molecule has 0 bridgehead atoms. The molecule has 0 aliphatic rings. The summed E-state index contributed by atoms with van der Waals surface area (Å²) >= 11 is -2.83. The van der Waals surface area contributed by atoms with Gasteiger partial charge in [-0.2, -0.15) is 0 Å². The van der Waals surface area contributed by atoms with Crippen LogP contribution >= 0.6 is 0 Å². The van der Waals surface area contributed by atoms with E-state index in [1.807, 2.05) is 0 Å². The molecule has 0 amide bonds. The van der Waals surface area contributed by atoms with Crippen molar-refractivity contribution in [2.75, 3.05) is 7.11 Å². The Hall–Kier alpha value is -0.261. The van der Waals surface area contributed by atoms with Crippen molar-refractivity contribution in [2.45, 2.75) is 91.9 Å². The first kappa shape index (κ1) is 22.7. The Morgan fingerprint density at radius 3 is 1.57 bits per heavy atom.